The SMILES string of the molecule is Cc1c(F)cc(S(=O)(=O)N=CN(C)C)cc1F. The van der Waals surface area contributed by atoms with E-state index in [0.29, 0.717) is 0 Å². The maximum absolute atomic E-state index is 13.2. The van der Waals surface area contributed by atoms with Crippen molar-refractivity contribution in [2.45, 2.75) is 11.8 Å². The quantitative estimate of drug-likeness (QED) is 0.613. The van der Waals surface area contributed by atoms with Crippen LogP contribution in [-0.4, -0.2) is 33.8 Å². The molecule has 17 heavy (non-hydrogen) atoms. The van der Waals surface area contributed by atoms with Gasteiger partial charge in [-0.3, -0.25) is 0 Å². The van der Waals surface area contributed by atoms with Crippen LogP contribution >= 0.6 is 0 Å². The molecule has 94 valence electrons. The molecule has 7 heteroatoms. The van der Waals surface area contributed by atoms with Crippen LogP contribution in [0.5, 0.6) is 0 Å². The summed E-state index contributed by atoms with van der Waals surface area (Å²) in [6, 6.07) is 1.50. The van der Waals surface area contributed by atoms with E-state index in [2.05, 4.69) is 4.40 Å². The smallest absolute Gasteiger partial charge is 0.283 e. The largest absolute Gasteiger partial charge is 0.368 e. The highest BCUT2D eigenvalue weighted by Crippen LogP contribution is 2.19. The van der Waals surface area contributed by atoms with Crippen LogP contribution < -0.4 is 0 Å². The number of benzene rings is 1. The lowest BCUT2D eigenvalue weighted by Crippen LogP contribution is -2.10. The van der Waals surface area contributed by atoms with Crippen LogP contribution in [0, 0.1) is 18.6 Å². The number of rotatable bonds is 3. The zero-order chi connectivity index (χ0) is 13.2. The molecule has 0 saturated heterocycles. The van der Waals surface area contributed by atoms with Crippen molar-refractivity contribution in [1.29, 1.82) is 0 Å². The monoisotopic (exact) mass is 262 g/mol. The first-order valence-corrected chi connectivity index (χ1v) is 6.10. The van der Waals surface area contributed by atoms with Crippen molar-refractivity contribution in [3.63, 3.8) is 0 Å². The Kier molecular flexibility index (Phi) is 3.82. The molecule has 0 fully saturated rings. The van der Waals surface area contributed by atoms with Gasteiger partial charge in [-0.1, -0.05) is 0 Å². The fourth-order valence-electron chi connectivity index (χ4n) is 0.988. The normalized spacial score (nSPS) is 12.1. The summed E-state index contributed by atoms with van der Waals surface area (Å²) in [5.41, 5.74) is -0.222. The van der Waals surface area contributed by atoms with Crippen LogP contribution in [0.3, 0.4) is 0 Å². The van der Waals surface area contributed by atoms with E-state index in [1.165, 1.54) is 11.8 Å². The van der Waals surface area contributed by atoms with Gasteiger partial charge in [-0.25, -0.2) is 8.78 Å². The zero-order valence-corrected chi connectivity index (χ0v) is 10.4. The van der Waals surface area contributed by atoms with Gasteiger partial charge in [0, 0.05) is 19.7 Å². The molecule has 0 atom stereocenters. The molecule has 0 aromatic heterocycles. The Balaban J connectivity index is 3.26. The third kappa shape index (κ3) is 3.23. The second-order valence-electron chi connectivity index (χ2n) is 3.67. The number of hydrogen-bond donors (Lipinski definition) is 0. The van der Waals surface area contributed by atoms with Crippen LogP contribution in [0.15, 0.2) is 21.4 Å². The van der Waals surface area contributed by atoms with Crippen molar-refractivity contribution in [2.24, 2.45) is 4.40 Å². The Morgan fingerprint density at radius 3 is 2.12 bits per heavy atom. The average molecular weight is 262 g/mol. The van der Waals surface area contributed by atoms with Gasteiger partial charge >= 0.3 is 0 Å². The van der Waals surface area contributed by atoms with Crippen molar-refractivity contribution in [3.05, 3.63) is 29.3 Å². The van der Waals surface area contributed by atoms with Gasteiger partial charge < -0.3 is 4.90 Å². The first kappa shape index (κ1) is 13.6. The van der Waals surface area contributed by atoms with Gasteiger partial charge in [0.1, 0.15) is 18.0 Å². The number of sulfonamides is 1. The minimum Gasteiger partial charge on any atom is -0.368 e. The lowest BCUT2D eigenvalue weighted by Gasteiger charge is -2.05. The summed E-state index contributed by atoms with van der Waals surface area (Å²) in [7, 11) is -0.912. The fraction of sp³-hybridized carbons (Fsp3) is 0.300. The van der Waals surface area contributed by atoms with Gasteiger partial charge in [-0.05, 0) is 19.1 Å². The molecule has 1 rings (SSSR count). The molecule has 1 aromatic carbocycles. The molecule has 0 saturated carbocycles. The topological polar surface area (TPSA) is 49.7 Å². The Bertz CT molecular complexity index is 530. The minimum absolute atomic E-state index is 0.222. The van der Waals surface area contributed by atoms with Crippen LogP contribution in [0.1, 0.15) is 5.56 Å². The Hall–Kier alpha value is -1.50. The molecule has 1 aromatic rings. The molecule has 0 unspecified atom stereocenters. The maximum atomic E-state index is 13.2. The number of nitrogens with zero attached hydrogens (tertiary/aromatic N) is 2. The summed E-state index contributed by atoms with van der Waals surface area (Å²) in [6.07, 6.45) is 1.05. The van der Waals surface area contributed by atoms with Gasteiger partial charge in [-0.15, -0.1) is 4.40 Å². The first-order chi connectivity index (χ1) is 7.74. The van der Waals surface area contributed by atoms with E-state index in [1.54, 1.807) is 14.1 Å². The second kappa shape index (κ2) is 4.79. The van der Waals surface area contributed by atoms with Crippen molar-refractivity contribution < 1.29 is 17.2 Å². The van der Waals surface area contributed by atoms with Crippen LogP contribution in [0.2, 0.25) is 0 Å². The van der Waals surface area contributed by atoms with Crippen molar-refractivity contribution in [3.8, 4) is 0 Å². The molecular weight excluding hydrogens is 250 g/mol. The first-order valence-electron chi connectivity index (χ1n) is 4.66. The molecule has 0 N–H and O–H groups in total. The van der Waals surface area contributed by atoms with Gasteiger partial charge in [-0.2, -0.15) is 8.42 Å². The molecule has 0 heterocycles. The highest BCUT2D eigenvalue weighted by molar-refractivity contribution is 7.90. The summed E-state index contributed by atoms with van der Waals surface area (Å²) < 4.78 is 52.9. The third-order valence-electron chi connectivity index (χ3n) is 1.97. The molecule has 0 aliphatic carbocycles. The minimum atomic E-state index is -4.07. The average Bonchev–Trinajstić information content (AvgIpc) is 2.22. The molecule has 0 aliphatic heterocycles. The standard InChI is InChI=1S/C10H12F2N2O2S/c1-7-9(11)4-8(5-10(7)12)17(15,16)13-6-14(2)3/h4-6H,1-3H3. The third-order valence-corrected chi connectivity index (χ3v) is 3.17. The highest BCUT2D eigenvalue weighted by Gasteiger charge is 2.17. The van der Waals surface area contributed by atoms with E-state index < -0.39 is 26.6 Å². The van der Waals surface area contributed by atoms with E-state index in [4.69, 9.17) is 0 Å². The van der Waals surface area contributed by atoms with Gasteiger partial charge in [0.05, 0.1) is 4.90 Å². The number of hydrogen-bond acceptors (Lipinski definition) is 2. The molecule has 4 nitrogen and oxygen atoms in total. The van der Waals surface area contributed by atoms with Crippen molar-refractivity contribution in [1.82, 2.24) is 4.90 Å². The zero-order valence-electron chi connectivity index (χ0n) is 9.61. The summed E-state index contributed by atoms with van der Waals surface area (Å²) in [5.74, 6) is -1.83. The predicted octanol–water partition coefficient (Wildman–Crippen LogP) is 1.55. The predicted molar refractivity (Wildman–Crippen MR) is 60.5 cm³/mol. The van der Waals surface area contributed by atoms with Crippen molar-refractivity contribution >= 4 is 16.4 Å². The molecule has 0 amide bonds. The lowest BCUT2D eigenvalue weighted by atomic mass is 10.2. The van der Waals surface area contributed by atoms with E-state index in [9.17, 15) is 17.2 Å². The van der Waals surface area contributed by atoms with Gasteiger partial charge in [0.2, 0.25) is 0 Å². The van der Waals surface area contributed by atoms with Crippen LogP contribution in [-0.2, 0) is 10.0 Å². The van der Waals surface area contributed by atoms with Crippen LogP contribution in [0.25, 0.3) is 0 Å². The Labute approximate surface area is 98.6 Å². The molecular formula is C10H12F2N2O2S. The molecule has 0 aliphatic rings. The summed E-state index contributed by atoms with van der Waals surface area (Å²) >= 11 is 0. The van der Waals surface area contributed by atoms with E-state index in [1.807, 2.05) is 0 Å². The number of halogens is 2. The Morgan fingerprint density at radius 1 is 1.24 bits per heavy atom. The van der Waals surface area contributed by atoms with E-state index in [0.717, 1.165) is 18.5 Å². The summed E-state index contributed by atoms with van der Waals surface area (Å²) in [4.78, 5) is 0.898. The summed E-state index contributed by atoms with van der Waals surface area (Å²) in [5, 5.41) is 0. The van der Waals surface area contributed by atoms with Gasteiger partial charge in [0.15, 0.2) is 0 Å². The summed E-state index contributed by atoms with van der Waals surface area (Å²) in [6.45, 7) is 1.23. The van der Waals surface area contributed by atoms with Crippen molar-refractivity contribution in [2.75, 3.05) is 14.1 Å². The van der Waals surface area contributed by atoms with Gasteiger partial charge in [0.25, 0.3) is 10.0 Å². The van der Waals surface area contributed by atoms with E-state index in [-0.39, 0.29) is 5.56 Å². The van der Waals surface area contributed by atoms with Crippen LogP contribution in [0.4, 0.5) is 8.78 Å². The van der Waals surface area contributed by atoms with E-state index >= 15 is 0 Å². The molecule has 0 radical (unpaired) electrons. The second-order valence-corrected chi connectivity index (χ2v) is 5.30. The Morgan fingerprint density at radius 2 is 1.71 bits per heavy atom. The lowest BCUT2D eigenvalue weighted by molar-refractivity contribution is 0.555. The fourth-order valence-corrected chi connectivity index (χ4v) is 1.93. The molecule has 0 bridgehead atoms. The maximum Gasteiger partial charge on any atom is 0.283 e. The highest BCUT2D eigenvalue weighted by atomic mass is 32.2. The molecule has 0 spiro atoms.